The van der Waals surface area contributed by atoms with E-state index in [2.05, 4.69) is 37.1 Å². The van der Waals surface area contributed by atoms with Gasteiger partial charge in [-0.05, 0) is 38.2 Å². The molecule has 1 N–H and O–H groups in total. The number of benzene rings is 1. The standard InChI is InChI=1S/C12H21NOSi/c1-15(2,3)14-11-7-10-13-12-8-5-4-6-9-12/h4-6,8-9,13H,7,10-11H2,1-3H3. The van der Waals surface area contributed by atoms with Gasteiger partial charge in [0.15, 0.2) is 8.32 Å². The average molecular weight is 223 g/mol. The van der Waals surface area contributed by atoms with E-state index in [0.717, 1.165) is 19.6 Å². The van der Waals surface area contributed by atoms with Gasteiger partial charge in [0, 0.05) is 18.8 Å². The molecule has 0 radical (unpaired) electrons. The van der Waals surface area contributed by atoms with E-state index in [9.17, 15) is 0 Å². The number of hydrogen-bond acceptors (Lipinski definition) is 2. The van der Waals surface area contributed by atoms with Gasteiger partial charge in [-0.25, -0.2) is 0 Å². The van der Waals surface area contributed by atoms with Crippen LogP contribution >= 0.6 is 0 Å². The summed E-state index contributed by atoms with van der Waals surface area (Å²) in [7, 11) is -1.31. The molecule has 84 valence electrons. The van der Waals surface area contributed by atoms with Crippen LogP contribution in [0.25, 0.3) is 0 Å². The van der Waals surface area contributed by atoms with E-state index in [1.54, 1.807) is 0 Å². The van der Waals surface area contributed by atoms with Crippen molar-refractivity contribution in [2.75, 3.05) is 18.5 Å². The number of rotatable bonds is 6. The maximum atomic E-state index is 5.77. The molecule has 0 heterocycles. The lowest BCUT2D eigenvalue weighted by molar-refractivity contribution is 0.309. The Hall–Kier alpha value is -0.803. The zero-order valence-electron chi connectivity index (χ0n) is 9.92. The highest BCUT2D eigenvalue weighted by Gasteiger charge is 2.12. The summed E-state index contributed by atoms with van der Waals surface area (Å²) in [6.45, 7) is 8.51. The minimum absolute atomic E-state index is 0.871. The molecule has 0 fully saturated rings. The number of anilines is 1. The lowest BCUT2D eigenvalue weighted by Crippen LogP contribution is -2.26. The van der Waals surface area contributed by atoms with Gasteiger partial charge >= 0.3 is 0 Å². The maximum absolute atomic E-state index is 5.77. The van der Waals surface area contributed by atoms with Crippen LogP contribution in [0.2, 0.25) is 19.6 Å². The molecule has 1 aromatic carbocycles. The normalized spacial score (nSPS) is 11.4. The van der Waals surface area contributed by atoms with Gasteiger partial charge in [-0.3, -0.25) is 0 Å². The van der Waals surface area contributed by atoms with Gasteiger partial charge in [0.2, 0.25) is 0 Å². The second-order valence-electron chi connectivity index (χ2n) is 4.61. The molecular weight excluding hydrogens is 202 g/mol. The fourth-order valence-electron chi connectivity index (χ4n) is 1.24. The molecule has 0 unspecified atom stereocenters. The van der Waals surface area contributed by atoms with E-state index in [4.69, 9.17) is 4.43 Å². The van der Waals surface area contributed by atoms with Crippen LogP contribution in [-0.2, 0) is 4.43 Å². The smallest absolute Gasteiger partial charge is 0.183 e. The van der Waals surface area contributed by atoms with Crippen LogP contribution in [0.4, 0.5) is 5.69 Å². The van der Waals surface area contributed by atoms with Crippen molar-refractivity contribution in [3.8, 4) is 0 Å². The zero-order chi connectivity index (χ0) is 11.1. The highest BCUT2D eigenvalue weighted by Crippen LogP contribution is 2.06. The van der Waals surface area contributed by atoms with Gasteiger partial charge in [-0.1, -0.05) is 18.2 Å². The van der Waals surface area contributed by atoms with Crippen LogP contribution in [0.15, 0.2) is 30.3 Å². The predicted molar refractivity (Wildman–Crippen MR) is 68.8 cm³/mol. The van der Waals surface area contributed by atoms with E-state index >= 15 is 0 Å². The van der Waals surface area contributed by atoms with Gasteiger partial charge in [0.25, 0.3) is 0 Å². The van der Waals surface area contributed by atoms with Gasteiger partial charge in [0.05, 0.1) is 0 Å². The first kappa shape index (κ1) is 12.3. The number of hydrogen-bond donors (Lipinski definition) is 1. The van der Waals surface area contributed by atoms with Crippen molar-refractivity contribution >= 4 is 14.0 Å². The molecule has 0 saturated heterocycles. The van der Waals surface area contributed by atoms with E-state index in [1.807, 2.05) is 18.2 Å². The molecule has 0 saturated carbocycles. The first-order chi connectivity index (χ1) is 7.08. The van der Waals surface area contributed by atoms with Crippen LogP contribution in [0, 0.1) is 0 Å². The third-order valence-corrected chi connectivity index (χ3v) is 3.03. The fourth-order valence-corrected chi connectivity index (χ4v) is 2.00. The van der Waals surface area contributed by atoms with Crippen molar-refractivity contribution < 1.29 is 4.43 Å². The minimum Gasteiger partial charge on any atom is -0.418 e. The maximum Gasteiger partial charge on any atom is 0.183 e. The summed E-state index contributed by atoms with van der Waals surface area (Å²) in [5.41, 5.74) is 1.19. The van der Waals surface area contributed by atoms with Crippen LogP contribution in [-0.4, -0.2) is 21.5 Å². The Morgan fingerprint density at radius 1 is 1.13 bits per heavy atom. The molecule has 1 aromatic rings. The second-order valence-corrected chi connectivity index (χ2v) is 9.12. The molecule has 0 aliphatic carbocycles. The van der Waals surface area contributed by atoms with Gasteiger partial charge in [-0.2, -0.15) is 0 Å². The molecule has 15 heavy (non-hydrogen) atoms. The number of nitrogens with one attached hydrogen (secondary N) is 1. The van der Waals surface area contributed by atoms with Crippen molar-refractivity contribution in [2.45, 2.75) is 26.1 Å². The summed E-state index contributed by atoms with van der Waals surface area (Å²) >= 11 is 0. The molecule has 0 aliphatic rings. The van der Waals surface area contributed by atoms with Crippen molar-refractivity contribution in [2.24, 2.45) is 0 Å². The topological polar surface area (TPSA) is 21.3 Å². The Balaban J connectivity index is 2.08. The molecule has 0 atom stereocenters. The first-order valence-corrected chi connectivity index (χ1v) is 8.92. The van der Waals surface area contributed by atoms with Gasteiger partial charge < -0.3 is 9.74 Å². The van der Waals surface area contributed by atoms with Crippen molar-refractivity contribution in [1.82, 2.24) is 0 Å². The Bertz CT molecular complexity index is 269. The van der Waals surface area contributed by atoms with Crippen LogP contribution in [0.3, 0.4) is 0 Å². The zero-order valence-corrected chi connectivity index (χ0v) is 10.9. The summed E-state index contributed by atoms with van der Waals surface area (Å²) in [6.07, 6.45) is 1.07. The molecule has 0 aliphatic heterocycles. The summed E-state index contributed by atoms with van der Waals surface area (Å²) in [4.78, 5) is 0. The molecule has 0 aromatic heterocycles. The Morgan fingerprint density at radius 2 is 1.80 bits per heavy atom. The number of para-hydroxylation sites is 1. The van der Waals surface area contributed by atoms with Crippen molar-refractivity contribution in [1.29, 1.82) is 0 Å². The monoisotopic (exact) mass is 223 g/mol. The molecule has 1 rings (SSSR count). The lowest BCUT2D eigenvalue weighted by Gasteiger charge is -2.17. The van der Waals surface area contributed by atoms with Crippen LogP contribution < -0.4 is 5.32 Å². The molecule has 3 heteroatoms. The molecule has 0 spiro atoms. The highest BCUT2D eigenvalue weighted by atomic mass is 28.4. The van der Waals surface area contributed by atoms with E-state index < -0.39 is 8.32 Å². The Morgan fingerprint density at radius 3 is 2.40 bits per heavy atom. The van der Waals surface area contributed by atoms with Gasteiger partial charge in [-0.15, -0.1) is 0 Å². The summed E-state index contributed by atoms with van der Waals surface area (Å²) < 4.78 is 5.77. The van der Waals surface area contributed by atoms with E-state index in [-0.39, 0.29) is 0 Å². The largest absolute Gasteiger partial charge is 0.418 e. The highest BCUT2D eigenvalue weighted by molar-refractivity contribution is 6.69. The van der Waals surface area contributed by atoms with Gasteiger partial charge in [0.1, 0.15) is 0 Å². The Kier molecular flexibility index (Phi) is 4.85. The van der Waals surface area contributed by atoms with E-state index in [1.165, 1.54) is 5.69 Å². The van der Waals surface area contributed by atoms with Crippen molar-refractivity contribution in [3.63, 3.8) is 0 Å². The summed E-state index contributed by atoms with van der Waals surface area (Å²) in [5, 5.41) is 3.37. The molecular formula is C12H21NOSi. The average Bonchev–Trinajstić information content (AvgIpc) is 2.17. The molecule has 0 amide bonds. The van der Waals surface area contributed by atoms with Crippen LogP contribution in [0.1, 0.15) is 6.42 Å². The molecule has 2 nitrogen and oxygen atoms in total. The third-order valence-electron chi connectivity index (χ3n) is 1.96. The summed E-state index contributed by atoms with van der Waals surface area (Å²) in [5.74, 6) is 0. The first-order valence-electron chi connectivity index (χ1n) is 5.51. The quantitative estimate of drug-likeness (QED) is 0.590. The van der Waals surface area contributed by atoms with Crippen LogP contribution in [0.5, 0.6) is 0 Å². The van der Waals surface area contributed by atoms with Crippen molar-refractivity contribution in [3.05, 3.63) is 30.3 Å². The summed E-state index contributed by atoms with van der Waals surface area (Å²) in [6, 6.07) is 10.3. The fraction of sp³-hybridized carbons (Fsp3) is 0.500. The predicted octanol–water partition coefficient (Wildman–Crippen LogP) is 3.34. The molecule has 0 bridgehead atoms. The SMILES string of the molecule is C[Si](C)(C)OCCCNc1ccccc1. The van der Waals surface area contributed by atoms with E-state index in [0.29, 0.717) is 0 Å². The minimum atomic E-state index is -1.31. The lowest BCUT2D eigenvalue weighted by atomic mass is 10.3. The Labute approximate surface area is 93.8 Å². The third kappa shape index (κ3) is 6.31. The second kappa shape index (κ2) is 5.93.